The number of hydrogen-bond acceptors (Lipinski definition) is 1. The molecule has 1 saturated carbocycles. The molecule has 1 fully saturated rings. The van der Waals surface area contributed by atoms with Crippen LogP contribution in [0.1, 0.15) is 31.2 Å². The van der Waals surface area contributed by atoms with Crippen LogP contribution in [0, 0.1) is 5.92 Å². The average Bonchev–Trinajstić information content (AvgIpc) is 2.79. The Kier molecular flexibility index (Phi) is 4.37. The van der Waals surface area contributed by atoms with Crippen molar-refractivity contribution in [2.75, 3.05) is 6.26 Å². The highest BCUT2D eigenvalue weighted by atomic mass is 35.5. The van der Waals surface area contributed by atoms with Crippen molar-refractivity contribution in [2.45, 2.75) is 30.6 Å². The van der Waals surface area contributed by atoms with Crippen molar-refractivity contribution in [3.8, 4) is 0 Å². The van der Waals surface area contributed by atoms with E-state index in [1.807, 2.05) is 0 Å². The van der Waals surface area contributed by atoms with Crippen molar-refractivity contribution in [3.05, 3.63) is 34.9 Å². The van der Waals surface area contributed by atoms with E-state index in [1.54, 1.807) is 11.8 Å². The van der Waals surface area contributed by atoms with Crippen molar-refractivity contribution < 1.29 is 0 Å². The van der Waals surface area contributed by atoms with Crippen LogP contribution in [0.4, 0.5) is 0 Å². The van der Waals surface area contributed by atoms with Crippen molar-refractivity contribution in [3.63, 3.8) is 0 Å². The molecule has 1 aliphatic carbocycles. The summed E-state index contributed by atoms with van der Waals surface area (Å²) in [5.41, 5.74) is 1.22. The summed E-state index contributed by atoms with van der Waals surface area (Å²) in [4.78, 5) is 1.15. The molecule has 0 saturated heterocycles. The van der Waals surface area contributed by atoms with Gasteiger partial charge in [-0.05, 0) is 42.7 Å². The molecule has 16 heavy (non-hydrogen) atoms. The molecule has 0 spiro atoms. The van der Waals surface area contributed by atoms with Crippen LogP contribution in [-0.4, -0.2) is 6.26 Å². The molecule has 1 aliphatic rings. The Bertz CT molecular complexity index is 378. The van der Waals surface area contributed by atoms with Crippen LogP contribution in [0.2, 0.25) is 5.02 Å². The number of rotatable bonds is 3. The van der Waals surface area contributed by atoms with Crippen LogP contribution in [0.15, 0.2) is 29.2 Å². The van der Waals surface area contributed by atoms with Gasteiger partial charge in [0.2, 0.25) is 0 Å². The molecule has 86 valence electrons. The fourth-order valence-corrected chi connectivity index (χ4v) is 3.06. The molecule has 0 aliphatic heterocycles. The maximum absolute atomic E-state index is 6.17. The predicted molar refractivity (Wildman–Crippen MR) is 74.2 cm³/mol. The van der Waals surface area contributed by atoms with Crippen molar-refractivity contribution in [1.82, 2.24) is 0 Å². The van der Waals surface area contributed by atoms with Gasteiger partial charge in [-0.15, -0.1) is 11.8 Å². The third-order valence-corrected chi connectivity index (χ3v) is 4.36. The van der Waals surface area contributed by atoms with Crippen LogP contribution in [-0.2, 0) is 0 Å². The molecule has 0 aromatic heterocycles. The zero-order chi connectivity index (χ0) is 11.4. The quantitative estimate of drug-likeness (QED) is 0.661. The van der Waals surface area contributed by atoms with Gasteiger partial charge in [-0.3, -0.25) is 0 Å². The lowest BCUT2D eigenvalue weighted by atomic mass is 10.1. The summed E-state index contributed by atoms with van der Waals surface area (Å²) in [7, 11) is 0. The summed E-state index contributed by atoms with van der Waals surface area (Å²) in [6.07, 6.45) is 12.1. The highest BCUT2D eigenvalue weighted by Crippen LogP contribution is 2.28. The molecular weight excluding hydrogens is 236 g/mol. The molecule has 0 nitrogen and oxygen atoms in total. The molecule has 0 bridgehead atoms. The molecule has 0 radical (unpaired) electrons. The first-order valence-corrected chi connectivity index (χ1v) is 7.41. The molecule has 0 unspecified atom stereocenters. The Morgan fingerprint density at radius 2 is 2.06 bits per heavy atom. The minimum atomic E-state index is 0.791. The van der Waals surface area contributed by atoms with Gasteiger partial charge in [0.05, 0.1) is 5.02 Å². The van der Waals surface area contributed by atoms with E-state index in [0.29, 0.717) is 0 Å². The van der Waals surface area contributed by atoms with E-state index in [4.69, 9.17) is 11.6 Å². The first kappa shape index (κ1) is 12.1. The molecule has 1 aromatic rings. The summed E-state index contributed by atoms with van der Waals surface area (Å²) in [6.45, 7) is 0. The monoisotopic (exact) mass is 252 g/mol. The van der Waals surface area contributed by atoms with Gasteiger partial charge in [0.1, 0.15) is 0 Å². The number of thioether (sulfide) groups is 1. The second-order valence-corrected chi connectivity index (χ2v) is 5.55. The second kappa shape index (κ2) is 5.79. The number of allylic oxidation sites excluding steroid dienone is 1. The summed E-state index contributed by atoms with van der Waals surface area (Å²) in [5.74, 6) is 0.791. The normalized spacial score (nSPS) is 17.4. The summed E-state index contributed by atoms with van der Waals surface area (Å²) in [5, 5.41) is 0.862. The standard InChI is InChI=1S/C14H17ClS/c1-16-14-9-8-12(10-13(14)15)7-6-11-4-2-3-5-11/h6-11H,2-5H2,1H3/b7-6+. The van der Waals surface area contributed by atoms with Gasteiger partial charge < -0.3 is 0 Å². The molecule has 2 heteroatoms. The molecule has 1 aromatic carbocycles. The van der Waals surface area contributed by atoms with E-state index in [9.17, 15) is 0 Å². The van der Waals surface area contributed by atoms with E-state index in [-0.39, 0.29) is 0 Å². The lowest BCUT2D eigenvalue weighted by Gasteiger charge is -2.03. The molecular formula is C14H17ClS. The Hall–Kier alpha value is -0.400. The Morgan fingerprint density at radius 3 is 2.69 bits per heavy atom. The average molecular weight is 253 g/mol. The third-order valence-electron chi connectivity index (χ3n) is 3.14. The Morgan fingerprint density at radius 1 is 1.31 bits per heavy atom. The van der Waals surface area contributed by atoms with Gasteiger partial charge >= 0.3 is 0 Å². The summed E-state index contributed by atoms with van der Waals surface area (Å²) >= 11 is 7.86. The number of halogens is 1. The minimum Gasteiger partial charge on any atom is -0.128 e. The molecule has 0 amide bonds. The van der Waals surface area contributed by atoms with E-state index >= 15 is 0 Å². The van der Waals surface area contributed by atoms with Gasteiger partial charge in [-0.1, -0.05) is 42.7 Å². The van der Waals surface area contributed by atoms with Crippen molar-refractivity contribution >= 4 is 29.4 Å². The Balaban J connectivity index is 2.06. The Labute approximate surface area is 107 Å². The van der Waals surface area contributed by atoms with Crippen LogP contribution < -0.4 is 0 Å². The third kappa shape index (κ3) is 3.05. The fourth-order valence-electron chi connectivity index (χ4n) is 2.18. The lowest BCUT2D eigenvalue weighted by molar-refractivity contribution is 0.689. The van der Waals surface area contributed by atoms with Crippen molar-refractivity contribution in [1.29, 1.82) is 0 Å². The first-order chi connectivity index (χ1) is 7.79. The summed E-state index contributed by atoms with van der Waals surface area (Å²) in [6, 6.07) is 6.29. The number of benzene rings is 1. The SMILES string of the molecule is CSc1ccc(/C=C/C2CCCC2)cc1Cl. The highest BCUT2D eigenvalue weighted by molar-refractivity contribution is 7.98. The maximum atomic E-state index is 6.17. The van der Waals surface area contributed by atoms with Crippen LogP contribution in [0.25, 0.3) is 6.08 Å². The highest BCUT2D eigenvalue weighted by Gasteiger charge is 2.11. The van der Waals surface area contributed by atoms with Crippen LogP contribution in [0.5, 0.6) is 0 Å². The molecule has 0 N–H and O–H groups in total. The zero-order valence-corrected chi connectivity index (χ0v) is 11.2. The topological polar surface area (TPSA) is 0 Å². The van der Waals surface area contributed by atoms with Gasteiger partial charge in [0.15, 0.2) is 0 Å². The van der Waals surface area contributed by atoms with Gasteiger partial charge in [0.25, 0.3) is 0 Å². The minimum absolute atomic E-state index is 0.791. The largest absolute Gasteiger partial charge is 0.128 e. The fraction of sp³-hybridized carbons (Fsp3) is 0.429. The molecule has 2 rings (SSSR count). The van der Waals surface area contributed by atoms with E-state index in [2.05, 4.69) is 36.6 Å². The van der Waals surface area contributed by atoms with Crippen LogP contribution in [0.3, 0.4) is 0 Å². The van der Waals surface area contributed by atoms with E-state index < -0.39 is 0 Å². The number of hydrogen-bond donors (Lipinski definition) is 0. The van der Waals surface area contributed by atoms with Gasteiger partial charge in [-0.25, -0.2) is 0 Å². The van der Waals surface area contributed by atoms with E-state index in [1.165, 1.54) is 31.2 Å². The molecule has 0 heterocycles. The lowest BCUT2D eigenvalue weighted by Crippen LogP contribution is -1.85. The van der Waals surface area contributed by atoms with Crippen molar-refractivity contribution in [2.24, 2.45) is 5.92 Å². The van der Waals surface area contributed by atoms with E-state index in [0.717, 1.165) is 15.8 Å². The summed E-state index contributed by atoms with van der Waals surface area (Å²) < 4.78 is 0. The second-order valence-electron chi connectivity index (χ2n) is 4.30. The smallest absolute Gasteiger partial charge is 0.0547 e. The van der Waals surface area contributed by atoms with Crippen LogP contribution >= 0.6 is 23.4 Å². The van der Waals surface area contributed by atoms with Gasteiger partial charge in [-0.2, -0.15) is 0 Å². The predicted octanol–water partition coefficient (Wildman–Crippen LogP) is 5.27. The van der Waals surface area contributed by atoms with Gasteiger partial charge in [0, 0.05) is 4.90 Å². The molecule has 0 atom stereocenters. The first-order valence-electron chi connectivity index (χ1n) is 5.81. The zero-order valence-electron chi connectivity index (χ0n) is 9.58. The maximum Gasteiger partial charge on any atom is 0.0547 e.